The highest BCUT2D eigenvalue weighted by Gasteiger charge is 2.50. The van der Waals surface area contributed by atoms with E-state index in [1.54, 1.807) is 36.7 Å². The number of ether oxygens (including phenoxy) is 1. The quantitative estimate of drug-likeness (QED) is 0.375. The fourth-order valence-corrected chi connectivity index (χ4v) is 4.42. The largest absolute Gasteiger partial charge is 0.489 e. The second-order valence-corrected chi connectivity index (χ2v) is 9.27. The van der Waals surface area contributed by atoms with Crippen LogP contribution in [0.2, 0.25) is 0 Å². The van der Waals surface area contributed by atoms with Gasteiger partial charge in [0.1, 0.15) is 11.9 Å². The predicted octanol–water partition coefficient (Wildman–Crippen LogP) is 1.89. The number of aromatic nitrogens is 1. The van der Waals surface area contributed by atoms with E-state index < -0.39 is 23.5 Å². The van der Waals surface area contributed by atoms with Crippen LogP contribution in [0.4, 0.5) is 5.69 Å². The zero-order valence-corrected chi connectivity index (χ0v) is 19.8. The van der Waals surface area contributed by atoms with Gasteiger partial charge >= 0.3 is 0 Å². The molecule has 36 heavy (non-hydrogen) atoms. The zero-order valence-electron chi connectivity index (χ0n) is 19.8. The van der Waals surface area contributed by atoms with Crippen molar-refractivity contribution >= 4 is 17.5 Å². The highest BCUT2D eigenvalue weighted by molar-refractivity contribution is 6.20. The molecule has 9 nitrogen and oxygen atoms in total. The second-order valence-electron chi connectivity index (χ2n) is 9.27. The number of nitrogens with one attached hydrogen (secondary N) is 2. The fraction of sp³-hybridized carbons (Fsp3) is 0.296. The maximum atomic E-state index is 12.4. The fourth-order valence-electron chi connectivity index (χ4n) is 4.42. The van der Waals surface area contributed by atoms with Crippen LogP contribution in [0.15, 0.2) is 67.0 Å². The van der Waals surface area contributed by atoms with Gasteiger partial charge in [0, 0.05) is 31.0 Å². The van der Waals surface area contributed by atoms with E-state index in [9.17, 15) is 19.8 Å². The Morgan fingerprint density at radius 3 is 2.78 bits per heavy atom. The summed E-state index contributed by atoms with van der Waals surface area (Å²) in [5.74, 6) is -0.630. The Bertz CT molecular complexity index is 1280. The van der Waals surface area contributed by atoms with Gasteiger partial charge in [0.2, 0.25) is 5.60 Å². The third-order valence-corrected chi connectivity index (χ3v) is 6.58. The van der Waals surface area contributed by atoms with Crippen LogP contribution < -0.4 is 20.5 Å². The number of aliphatic hydroxyl groups excluding tert-OH is 1. The van der Waals surface area contributed by atoms with E-state index in [0.29, 0.717) is 18.8 Å². The SMILES string of the molecule is CC1(O)C(=O)NN(c2cccc(-c3ccc4c(c3)CC[C@@H](CNC[C@H](O)c3cccnc3)O4)c2)C1=O. The average Bonchev–Trinajstić information content (AvgIpc) is 3.11. The van der Waals surface area contributed by atoms with Gasteiger partial charge in [-0.2, -0.15) is 0 Å². The summed E-state index contributed by atoms with van der Waals surface area (Å²) in [4.78, 5) is 28.4. The van der Waals surface area contributed by atoms with E-state index in [2.05, 4.69) is 21.8 Å². The number of aryl methyl sites for hydroxylation is 1. The number of hydrogen-bond acceptors (Lipinski definition) is 7. The van der Waals surface area contributed by atoms with Crippen molar-refractivity contribution in [3.05, 3.63) is 78.1 Å². The number of fused-ring (bicyclic) bond motifs is 1. The van der Waals surface area contributed by atoms with E-state index in [-0.39, 0.29) is 6.10 Å². The highest BCUT2D eigenvalue weighted by Crippen LogP contribution is 2.34. The predicted molar refractivity (Wildman–Crippen MR) is 133 cm³/mol. The zero-order chi connectivity index (χ0) is 25.3. The summed E-state index contributed by atoms with van der Waals surface area (Å²) < 4.78 is 6.18. The lowest BCUT2D eigenvalue weighted by molar-refractivity contribution is -0.142. The van der Waals surface area contributed by atoms with Crippen molar-refractivity contribution in [1.29, 1.82) is 0 Å². The first kappa shape index (κ1) is 23.9. The molecule has 2 aliphatic rings. The van der Waals surface area contributed by atoms with Gasteiger partial charge in [-0.05, 0) is 66.8 Å². The molecule has 2 aliphatic heterocycles. The number of nitrogens with zero attached hydrogens (tertiary/aromatic N) is 2. The molecule has 1 unspecified atom stereocenters. The topological polar surface area (TPSA) is 124 Å². The molecule has 0 aliphatic carbocycles. The van der Waals surface area contributed by atoms with Crippen molar-refractivity contribution in [3.63, 3.8) is 0 Å². The summed E-state index contributed by atoms with van der Waals surface area (Å²) in [5.41, 5.74) is 4.52. The molecular formula is C27H28N4O5. The van der Waals surface area contributed by atoms with E-state index in [1.807, 2.05) is 24.3 Å². The summed E-state index contributed by atoms with van der Waals surface area (Å²) in [6, 6.07) is 16.9. The smallest absolute Gasteiger partial charge is 0.287 e. The molecule has 1 saturated heterocycles. The van der Waals surface area contributed by atoms with Crippen LogP contribution in [0.1, 0.15) is 30.6 Å². The average molecular weight is 489 g/mol. The minimum Gasteiger partial charge on any atom is -0.489 e. The number of anilines is 1. The molecule has 3 heterocycles. The number of hydrazine groups is 1. The first-order valence-electron chi connectivity index (χ1n) is 11.9. The lowest BCUT2D eigenvalue weighted by Gasteiger charge is -2.27. The maximum Gasteiger partial charge on any atom is 0.287 e. The van der Waals surface area contributed by atoms with E-state index in [0.717, 1.165) is 45.9 Å². The maximum absolute atomic E-state index is 12.4. The number of hydrogen-bond donors (Lipinski definition) is 4. The number of carbonyl (C=O) groups is 2. The van der Waals surface area contributed by atoms with Crippen LogP contribution in [0.3, 0.4) is 0 Å². The van der Waals surface area contributed by atoms with Gasteiger partial charge in [0.05, 0.1) is 11.8 Å². The van der Waals surface area contributed by atoms with Crippen LogP contribution in [0, 0.1) is 0 Å². The van der Waals surface area contributed by atoms with Crippen molar-refractivity contribution in [2.75, 3.05) is 18.1 Å². The molecule has 1 aromatic heterocycles. The Labute approximate surface area is 208 Å². The number of benzene rings is 2. The van der Waals surface area contributed by atoms with E-state index >= 15 is 0 Å². The van der Waals surface area contributed by atoms with Gasteiger partial charge in [-0.15, -0.1) is 0 Å². The van der Waals surface area contributed by atoms with Crippen molar-refractivity contribution in [2.45, 2.75) is 37.6 Å². The molecule has 0 radical (unpaired) electrons. The monoisotopic (exact) mass is 488 g/mol. The summed E-state index contributed by atoms with van der Waals surface area (Å²) in [7, 11) is 0. The Kier molecular flexibility index (Phi) is 6.44. The van der Waals surface area contributed by atoms with Gasteiger partial charge in [-0.3, -0.25) is 20.0 Å². The van der Waals surface area contributed by atoms with Gasteiger partial charge in [-0.25, -0.2) is 5.01 Å². The van der Waals surface area contributed by atoms with Crippen LogP contribution in [-0.2, 0) is 16.0 Å². The summed E-state index contributed by atoms with van der Waals surface area (Å²) in [6.07, 6.45) is 4.42. The van der Waals surface area contributed by atoms with Crippen molar-refractivity contribution in [1.82, 2.24) is 15.7 Å². The second kappa shape index (κ2) is 9.69. The third kappa shape index (κ3) is 4.68. The molecule has 5 rings (SSSR count). The van der Waals surface area contributed by atoms with E-state index in [4.69, 9.17) is 4.74 Å². The standard InChI is InChI=1S/C27H28N4O5/c1-27(35)25(33)30-31(26(27)34)21-6-2-4-17(13-21)18-8-10-24-19(12-18)7-9-22(36-24)15-29-16-23(32)20-5-3-11-28-14-20/h2-6,8,10-14,22-23,29,32,35H,7,9,15-16H2,1H3,(H,30,33)/t22-,23-,27?/m0/s1. The Hall–Kier alpha value is -3.79. The van der Waals surface area contributed by atoms with Gasteiger partial charge in [0.25, 0.3) is 11.8 Å². The van der Waals surface area contributed by atoms with Gasteiger partial charge in [-0.1, -0.05) is 24.3 Å². The van der Waals surface area contributed by atoms with E-state index in [1.165, 1.54) is 6.92 Å². The van der Waals surface area contributed by atoms with Gasteiger partial charge < -0.3 is 20.3 Å². The molecular weight excluding hydrogens is 460 g/mol. The van der Waals surface area contributed by atoms with Crippen LogP contribution >= 0.6 is 0 Å². The molecule has 1 fully saturated rings. The molecule has 3 atom stereocenters. The summed E-state index contributed by atoms with van der Waals surface area (Å²) in [5, 5.41) is 24.8. The Morgan fingerprint density at radius 1 is 1.19 bits per heavy atom. The molecule has 186 valence electrons. The molecule has 0 spiro atoms. The Morgan fingerprint density at radius 2 is 2.03 bits per heavy atom. The highest BCUT2D eigenvalue weighted by atomic mass is 16.5. The third-order valence-electron chi connectivity index (χ3n) is 6.58. The molecule has 2 amide bonds. The van der Waals surface area contributed by atoms with Gasteiger partial charge in [0.15, 0.2) is 0 Å². The molecule has 2 aromatic carbocycles. The first-order chi connectivity index (χ1) is 17.3. The molecule has 3 aromatic rings. The van der Waals surface area contributed by atoms with Crippen molar-refractivity contribution in [3.8, 4) is 16.9 Å². The van der Waals surface area contributed by atoms with Crippen LogP contribution in [-0.4, -0.2) is 51.8 Å². The van der Waals surface area contributed by atoms with Crippen LogP contribution in [0.5, 0.6) is 5.75 Å². The minimum atomic E-state index is -2.08. The van der Waals surface area contributed by atoms with Crippen LogP contribution in [0.25, 0.3) is 11.1 Å². The summed E-state index contributed by atoms with van der Waals surface area (Å²) >= 11 is 0. The number of rotatable bonds is 7. The number of pyridine rings is 1. The molecule has 0 saturated carbocycles. The number of aliphatic hydroxyl groups is 2. The van der Waals surface area contributed by atoms with Crippen molar-refractivity contribution < 1.29 is 24.5 Å². The molecule has 4 N–H and O–H groups in total. The molecule has 9 heteroatoms. The summed E-state index contributed by atoms with van der Waals surface area (Å²) in [6.45, 7) is 2.23. The molecule has 0 bridgehead atoms. The minimum absolute atomic E-state index is 0.00496. The first-order valence-corrected chi connectivity index (χ1v) is 11.9. The lowest BCUT2D eigenvalue weighted by Crippen LogP contribution is -2.40. The lowest BCUT2D eigenvalue weighted by atomic mass is 9.96. The number of amides is 2. The number of carbonyl (C=O) groups excluding carboxylic acids is 2. The Balaban J connectivity index is 1.22. The normalized spacial score (nSPS) is 22.1. The van der Waals surface area contributed by atoms with Crippen molar-refractivity contribution in [2.24, 2.45) is 0 Å².